The van der Waals surface area contributed by atoms with Crippen LogP contribution in [0.5, 0.6) is 5.75 Å². The van der Waals surface area contributed by atoms with Gasteiger partial charge in [-0.05, 0) is 62.1 Å². The van der Waals surface area contributed by atoms with Gasteiger partial charge in [-0.15, -0.1) is 0 Å². The Balaban J connectivity index is 0.00000306. The number of hydrogen-bond donors (Lipinski definition) is 3. The van der Waals surface area contributed by atoms with Gasteiger partial charge >= 0.3 is 0 Å². The average Bonchev–Trinajstić information content (AvgIpc) is 3.30. The maximum absolute atomic E-state index is 14.1. The number of aromatic nitrogens is 2. The molecule has 1 saturated heterocycles. The number of nitrogens with one attached hydrogen (secondary N) is 2. The highest BCUT2D eigenvalue weighted by atomic mass is 35.5. The van der Waals surface area contributed by atoms with Crippen molar-refractivity contribution >= 4 is 34.8 Å². The first-order valence-electron chi connectivity index (χ1n) is 10.3. The molecule has 7 nitrogen and oxygen atoms in total. The van der Waals surface area contributed by atoms with Gasteiger partial charge in [0.25, 0.3) is 5.91 Å². The maximum Gasteiger partial charge on any atom is 0.259 e. The predicted octanol–water partition coefficient (Wildman–Crippen LogP) is 5.72. The molecule has 1 unspecified atom stereocenters. The molecule has 0 aliphatic carbocycles. The number of aromatic hydroxyl groups is 1. The quantitative estimate of drug-likeness (QED) is 0.381. The van der Waals surface area contributed by atoms with Crippen molar-refractivity contribution in [3.05, 3.63) is 70.8 Å². The van der Waals surface area contributed by atoms with Crippen molar-refractivity contribution in [1.82, 2.24) is 9.97 Å². The van der Waals surface area contributed by atoms with Gasteiger partial charge in [0.05, 0.1) is 28.1 Å². The Morgan fingerprint density at radius 2 is 2.03 bits per heavy atom. The van der Waals surface area contributed by atoms with Crippen molar-refractivity contribution in [3.8, 4) is 5.75 Å². The molecule has 0 saturated carbocycles. The molecule has 1 atom stereocenters. The number of amides is 1. The molecule has 1 fully saturated rings. The third-order valence-corrected chi connectivity index (χ3v) is 5.48. The number of rotatable bonds is 7. The van der Waals surface area contributed by atoms with E-state index in [1.807, 2.05) is 0 Å². The number of carbonyl (C=O) groups is 1. The molecule has 0 spiro atoms. The first kappa shape index (κ1) is 24.4. The molecule has 3 aromatic rings. The highest BCUT2D eigenvalue weighted by molar-refractivity contribution is 6.34. The molecular weight excluding hydrogens is 447 g/mol. The van der Waals surface area contributed by atoms with Crippen LogP contribution in [0.4, 0.5) is 21.7 Å². The lowest BCUT2D eigenvalue weighted by atomic mass is 10.1. The molecule has 2 heterocycles. The molecule has 2 aromatic carbocycles. The van der Waals surface area contributed by atoms with Gasteiger partial charge in [-0.25, -0.2) is 14.4 Å². The van der Waals surface area contributed by atoms with E-state index in [9.17, 15) is 14.3 Å². The van der Waals surface area contributed by atoms with E-state index in [0.717, 1.165) is 19.4 Å². The van der Waals surface area contributed by atoms with Crippen LogP contribution in [0.15, 0.2) is 48.7 Å². The zero-order valence-electron chi connectivity index (χ0n) is 17.1. The monoisotopic (exact) mass is 472 g/mol. The smallest absolute Gasteiger partial charge is 0.259 e. The summed E-state index contributed by atoms with van der Waals surface area (Å²) < 4.78 is 19.8. The summed E-state index contributed by atoms with van der Waals surface area (Å²) in [6.07, 6.45) is 4.71. The summed E-state index contributed by atoms with van der Waals surface area (Å²) in [5.74, 6) is -0.722. The molecule has 4 rings (SSSR count). The van der Waals surface area contributed by atoms with Gasteiger partial charge in [-0.3, -0.25) is 4.79 Å². The third-order valence-electron chi connectivity index (χ3n) is 5.16. The van der Waals surface area contributed by atoms with E-state index in [4.69, 9.17) is 16.3 Å². The number of benzene rings is 2. The van der Waals surface area contributed by atoms with E-state index < -0.39 is 11.7 Å². The number of ether oxygens (including phenoxy) is 1. The van der Waals surface area contributed by atoms with Crippen LogP contribution in [-0.2, 0) is 11.2 Å². The summed E-state index contributed by atoms with van der Waals surface area (Å²) in [7, 11) is 0. The number of phenolic OH excluding ortho intramolecular Hbond substituents is 1. The van der Waals surface area contributed by atoms with Crippen LogP contribution in [0.3, 0.4) is 0 Å². The lowest BCUT2D eigenvalue weighted by Gasteiger charge is -2.14. The van der Waals surface area contributed by atoms with Crippen molar-refractivity contribution in [1.29, 1.82) is 0 Å². The summed E-state index contributed by atoms with van der Waals surface area (Å²) in [4.78, 5) is 21.7. The number of aryl methyl sites for hydroxylation is 1. The normalized spacial score (nSPS) is 15.0. The zero-order chi connectivity index (χ0) is 22.5. The molecule has 3 N–H and O–H groups in total. The van der Waals surface area contributed by atoms with Crippen molar-refractivity contribution in [2.75, 3.05) is 17.2 Å². The Labute approximate surface area is 197 Å². The van der Waals surface area contributed by atoms with Crippen LogP contribution in [0.1, 0.15) is 42.7 Å². The second-order valence-electron chi connectivity index (χ2n) is 7.45. The topological polar surface area (TPSA) is 96.4 Å². The number of anilines is 3. The predicted molar refractivity (Wildman–Crippen MR) is 127 cm³/mol. The number of phenols is 1. The Bertz CT molecular complexity index is 1090. The molecule has 1 aliphatic heterocycles. The molecular formula is C24H26ClFN4O3. The van der Waals surface area contributed by atoms with Crippen molar-refractivity contribution in [2.24, 2.45) is 0 Å². The zero-order valence-corrected chi connectivity index (χ0v) is 17.9. The van der Waals surface area contributed by atoms with Gasteiger partial charge in [0, 0.05) is 18.5 Å². The van der Waals surface area contributed by atoms with Gasteiger partial charge in [0.15, 0.2) is 0 Å². The summed E-state index contributed by atoms with van der Waals surface area (Å²) >= 11 is 6.04. The Morgan fingerprint density at radius 3 is 2.73 bits per heavy atom. The van der Waals surface area contributed by atoms with Gasteiger partial charge in [-0.2, -0.15) is 0 Å². The Hall–Kier alpha value is -3.23. The van der Waals surface area contributed by atoms with Crippen LogP contribution < -0.4 is 10.6 Å². The fourth-order valence-corrected chi connectivity index (χ4v) is 3.71. The molecule has 1 amide bonds. The molecule has 9 heteroatoms. The van der Waals surface area contributed by atoms with Gasteiger partial charge in [0.1, 0.15) is 11.6 Å². The Kier molecular flexibility index (Phi) is 8.19. The molecule has 33 heavy (non-hydrogen) atoms. The van der Waals surface area contributed by atoms with Gasteiger partial charge in [-0.1, -0.05) is 25.1 Å². The highest BCUT2D eigenvalue weighted by Gasteiger charge is 2.21. The third kappa shape index (κ3) is 6.18. The molecule has 1 aromatic heterocycles. The minimum atomic E-state index is -0.627. The average molecular weight is 473 g/mol. The number of nitrogens with zero attached hydrogens (tertiary/aromatic N) is 2. The van der Waals surface area contributed by atoms with E-state index in [1.54, 1.807) is 24.3 Å². The van der Waals surface area contributed by atoms with Crippen LogP contribution >= 0.6 is 11.6 Å². The van der Waals surface area contributed by atoms with E-state index >= 15 is 0 Å². The first-order valence-corrected chi connectivity index (χ1v) is 10.7. The number of halogens is 2. The van der Waals surface area contributed by atoms with Crippen LogP contribution in [0.25, 0.3) is 0 Å². The lowest BCUT2D eigenvalue weighted by molar-refractivity contribution is 0.101. The van der Waals surface area contributed by atoms with E-state index in [-0.39, 0.29) is 35.6 Å². The van der Waals surface area contributed by atoms with Crippen LogP contribution in [-0.4, -0.2) is 33.7 Å². The summed E-state index contributed by atoms with van der Waals surface area (Å²) in [6.45, 7) is 0.737. The van der Waals surface area contributed by atoms with Crippen LogP contribution in [0.2, 0.25) is 5.02 Å². The van der Waals surface area contributed by atoms with Crippen molar-refractivity contribution in [2.45, 2.75) is 39.2 Å². The molecule has 174 valence electrons. The summed E-state index contributed by atoms with van der Waals surface area (Å²) in [6, 6.07) is 10.6. The van der Waals surface area contributed by atoms with Gasteiger partial charge < -0.3 is 20.5 Å². The number of carbonyl (C=O) groups excluding carboxylic acids is 1. The highest BCUT2D eigenvalue weighted by Crippen LogP contribution is 2.26. The minimum absolute atomic E-state index is 0. The molecule has 1 aliphatic rings. The molecule has 0 bridgehead atoms. The SMILES string of the molecule is C.O=C(Nc1c(F)cccc1Cl)c1cnc(Nc2ccc(O)cc2)nc1CCC1CCCO1. The largest absolute Gasteiger partial charge is 0.508 e. The lowest BCUT2D eigenvalue weighted by Crippen LogP contribution is -2.18. The minimum Gasteiger partial charge on any atom is -0.508 e. The second kappa shape index (κ2) is 11.1. The maximum atomic E-state index is 14.1. The standard InChI is InChI=1S/C23H22ClFN4O3.CH4/c24-18-4-1-5-19(25)21(18)29-22(31)17-13-26-23(27-14-6-8-15(30)9-7-14)28-20(17)11-10-16-3-2-12-32-16;/h1,4-9,13,16,30H,2-3,10-12H2,(H,29,31)(H,26,27,28);1H4. The fourth-order valence-electron chi connectivity index (χ4n) is 3.50. The van der Waals surface area contributed by atoms with Gasteiger partial charge in [0.2, 0.25) is 5.95 Å². The molecule has 0 radical (unpaired) electrons. The summed E-state index contributed by atoms with van der Waals surface area (Å²) in [5, 5.41) is 15.1. The van der Waals surface area contributed by atoms with E-state index in [1.165, 1.54) is 24.4 Å². The van der Waals surface area contributed by atoms with Crippen LogP contribution in [0, 0.1) is 5.82 Å². The first-order chi connectivity index (χ1) is 15.5. The number of hydrogen-bond acceptors (Lipinski definition) is 6. The van der Waals surface area contributed by atoms with Crippen molar-refractivity contribution in [3.63, 3.8) is 0 Å². The fraction of sp³-hybridized carbons (Fsp3) is 0.292. The van der Waals surface area contributed by atoms with Crippen molar-refractivity contribution < 1.29 is 19.0 Å². The number of para-hydroxylation sites is 1. The van der Waals surface area contributed by atoms with E-state index in [0.29, 0.717) is 30.2 Å². The van der Waals surface area contributed by atoms with E-state index in [2.05, 4.69) is 20.6 Å². The summed E-state index contributed by atoms with van der Waals surface area (Å²) in [5.41, 5.74) is 1.35. The second-order valence-corrected chi connectivity index (χ2v) is 7.86. The Morgan fingerprint density at radius 1 is 1.24 bits per heavy atom.